The maximum Gasteiger partial charge on any atom is 0.148 e. The number of aryl methyl sites for hydroxylation is 1. The Kier molecular flexibility index (Phi) is 3.12. The molecule has 18 heavy (non-hydrogen) atoms. The quantitative estimate of drug-likeness (QED) is 0.940. The molecule has 0 atom stereocenters. The average Bonchev–Trinajstić information content (AvgIpc) is 2.71. The van der Waals surface area contributed by atoms with Crippen molar-refractivity contribution in [2.75, 3.05) is 5.32 Å². The summed E-state index contributed by atoms with van der Waals surface area (Å²) in [5.74, 6) is 1.68. The molecule has 2 aromatic rings. The van der Waals surface area contributed by atoms with Crippen molar-refractivity contribution >= 4 is 21.7 Å². The highest BCUT2D eigenvalue weighted by Gasteiger charge is 2.30. The van der Waals surface area contributed by atoms with E-state index in [9.17, 15) is 0 Å². The minimum Gasteiger partial charge on any atom is -0.366 e. The Bertz CT molecular complexity index is 526. The van der Waals surface area contributed by atoms with E-state index in [0.29, 0.717) is 12.0 Å². The number of hydrogen-bond acceptors (Lipinski definition) is 2. The molecule has 3 rings (SSSR count). The van der Waals surface area contributed by atoms with E-state index in [2.05, 4.69) is 50.6 Å². The van der Waals surface area contributed by atoms with Crippen molar-refractivity contribution in [3.05, 3.63) is 46.6 Å². The van der Waals surface area contributed by atoms with Gasteiger partial charge in [-0.2, -0.15) is 5.10 Å². The first-order valence-corrected chi connectivity index (χ1v) is 7.01. The molecule has 1 saturated carbocycles. The van der Waals surface area contributed by atoms with Gasteiger partial charge in [0.25, 0.3) is 0 Å². The summed E-state index contributed by atoms with van der Waals surface area (Å²) in [4.78, 5) is 0. The van der Waals surface area contributed by atoms with E-state index < -0.39 is 0 Å². The van der Waals surface area contributed by atoms with Crippen molar-refractivity contribution in [3.63, 3.8) is 0 Å². The second-order valence-electron chi connectivity index (χ2n) is 4.94. The summed E-state index contributed by atoms with van der Waals surface area (Å²) in [7, 11) is 1.94. The van der Waals surface area contributed by atoms with Gasteiger partial charge in [-0.15, -0.1) is 0 Å². The van der Waals surface area contributed by atoms with Gasteiger partial charge in [-0.3, -0.25) is 4.68 Å². The van der Waals surface area contributed by atoms with E-state index in [-0.39, 0.29) is 0 Å². The zero-order valence-electron chi connectivity index (χ0n) is 10.3. The highest BCUT2D eigenvalue weighted by molar-refractivity contribution is 9.10. The third-order valence-corrected chi connectivity index (χ3v) is 4.07. The summed E-state index contributed by atoms with van der Waals surface area (Å²) in [5, 5.41) is 7.81. The summed E-state index contributed by atoms with van der Waals surface area (Å²) in [6.07, 6.45) is 4.35. The highest BCUT2D eigenvalue weighted by Crippen LogP contribution is 2.38. The van der Waals surface area contributed by atoms with E-state index in [1.165, 1.54) is 18.4 Å². The predicted octanol–water partition coefficient (Wildman–Crippen LogP) is 3.54. The first-order chi connectivity index (χ1) is 8.70. The molecule has 1 N–H and O–H groups in total. The zero-order valence-corrected chi connectivity index (χ0v) is 11.9. The van der Waals surface area contributed by atoms with Gasteiger partial charge in [0.2, 0.25) is 0 Å². The lowest BCUT2D eigenvalue weighted by Crippen LogP contribution is -2.34. The Morgan fingerprint density at radius 2 is 1.94 bits per heavy atom. The monoisotopic (exact) mass is 305 g/mol. The Morgan fingerprint density at radius 1 is 1.22 bits per heavy atom. The van der Waals surface area contributed by atoms with Gasteiger partial charge in [-0.25, -0.2) is 0 Å². The number of hydrogen-bond donors (Lipinski definition) is 1. The smallest absolute Gasteiger partial charge is 0.148 e. The van der Waals surface area contributed by atoms with Gasteiger partial charge >= 0.3 is 0 Å². The van der Waals surface area contributed by atoms with E-state index >= 15 is 0 Å². The molecule has 0 radical (unpaired) electrons. The van der Waals surface area contributed by atoms with Crippen LogP contribution in [0.4, 0.5) is 5.82 Å². The standard InChI is InChI=1S/C14H16BrN3/c1-18-7-6-14(17-18)16-13-8-11(9-13)10-2-4-12(15)5-3-10/h2-7,11,13H,8-9H2,1H3,(H,16,17). The number of benzene rings is 1. The van der Waals surface area contributed by atoms with Crippen LogP contribution in [0.2, 0.25) is 0 Å². The lowest BCUT2D eigenvalue weighted by Gasteiger charge is -2.36. The van der Waals surface area contributed by atoms with Crippen molar-refractivity contribution in [2.45, 2.75) is 24.8 Å². The van der Waals surface area contributed by atoms with Crippen LogP contribution in [0.3, 0.4) is 0 Å². The molecule has 0 saturated heterocycles. The Morgan fingerprint density at radius 3 is 2.56 bits per heavy atom. The molecular weight excluding hydrogens is 290 g/mol. The molecule has 1 heterocycles. The van der Waals surface area contributed by atoms with Crippen LogP contribution >= 0.6 is 15.9 Å². The topological polar surface area (TPSA) is 29.9 Å². The van der Waals surface area contributed by atoms with Gasteiger partial charge in [0.05, 0.1) is 0 Å². The molecule has 3 nitrogen and oxygen atoms in total. The van der Waals surface area contributed by atoms with Crippen LogP contribution in [0.25, 0.3) is 0 Å². The minimum absolute atomic E-state index is 0.563. The van der Waals surface area contributed by atoms with Crippen LogP contribution in [0.15, 0.2) is 41.0 Å². The van der Waals surface area contributed by atoms with Crippen molar-refractivity contribution in [1.29, 1.82) is 0 Å². The van der Waals surface area contributed by atoms with Crippen LogP contribution in [0.1, 0.15) is 24.3 Å². The van der Waals surface area contributed by atoms with E-state index in [4.69, 9.17) is 0 Å². The van der Waals surface area contributed by atoms with Crippen molar-refractivity contribution < 1.29 is 0 Å². The van der Waals surface area contributed by atoms with Gasteiger partial charge in [-0.1, -0.05) is 28.1 Å². The predicted molar refractivity (Wildman–Crippen MR) is 76.7 cm³/mol. The molecule has 1 aromatic carbocycles. The molecule has 4 heteroatoms. The fourth-order valence-corrected chi connectivity index (χ4v) is 2.71. The molecule has 1 aliphatic carbocycles. The van der Waals surface area contributed by atoms with Crippen LogP contribution in [0, 0.1) is 0 Å². The summed E-state index contributed by atoms with van der Waals surface area (Å²) in [5.41, 5.74) is 1.44. The third-order valence-electron chi connectivity index (χ3n) is 3.55. The molecular formula is C14H16BrN3. The highest BCUT2D eigenvalue weighted by atomic mass is 79.9. The molecule has 1 fully saturated rings. The number of rotatable bonds is 3. The average molecular weight is 306 g/mol. The van der Waals surface area contributed by atoms with Crippen LogP contribution < -0.4 is 5.32 Å². The van der Waals surface area contributed by atoms with E-state index in [0.717, 1.165) is 10.3 Å². The number of nitrogens with zero attached hydrogens (tertiary/aromatic N) is 2. The molecule has 0 amide bonds. The summed E-state index contributed by atoms with van der Waals surface area (Å²) >= 11 is 3.47. The van der Waals surface area contributed by atoms with Crippen LogP contribution in [-0.4, -0.2) is 15.8 Å². The molecule has 1 aromatic heterocycles. The van der Waals surface area contributed by atoms with Gasteiger partial charge in [-0.05, 0) is 36.5 Å². The fourth-order valence-electron chi connectivity index (χ4n) is 2.44. The van der Waals surface area contributed by atoms with Crippen molar-refractivity contribution in [1.82, 2.24) is 9.78 Å². The molecule has 0 unspecified atom stereocenters. The van der Waals surface area contributed by atoms with Gasteiger partial charge < -0.3 is 5.32 Å². The maximum atomic E-state index is 4.34. The third kappa shape index (κ3) is 2.43. The number of halogens is 1. The molecule has 0 aliphatic heterocycles. The van der Waals surface area contributed by atoms with Gasteiger partial charge in [0, 0.05) is 29.8 Å². The molecule has 0 bridgehead atoms. The summed E-state index contributed by atoms with van der Waals surface area (Å²) in [6.45, 7) is 0. The van der Waals surface area contributed by atoms with E-state index in [1.54, 1.807) is 0 Å². The molecule has 1 aliphatic rings. The Labute approximate surface area is 115 Å². The van der Waals surface area contributed by atoms with E-state index in [1.807, 2.05) is 24.0 Å². The largest absolute Gasteiger partial charge is 0.366 e. The SMILES string of the molecule is Cn1ccc(NC2CC(c3ccc(Br)cc3)C2)n1. The zero-order chi connectivity index (χ0) is 12.5. The second kappa shape index (κ2) is 4.76. The first kappa shape index (κ1) is 11.8. The minimum atomic E-state index is 0.563. The Balaban J connectivity index is 1.55. The normalized spacial score (nSPS) is 22.6. The van der Waals surface area contributed by atoms with Gasteiger partial charge in [0.1, 0.15) is 5.82 Å². The summed E-state index contributed by atoms with van der Waals surface area (Å²) < 4.78 is 2.97. The number of nitrogens with one attached hydrogen (secondary N) is 1. The Hall–Kier alpha value is -1.29. The number of aromatic nitrogens is 2. The van der Waals surface area contributed by atoms with Gasteiger partial charge in [0.15, 0.2) is 0 Å². The number of anilines is 1. The van der Waals surface area contributed by atoms with Crippen LogP contribution in [0.5, 0.6) is 0 Å². The first-order valence-electron chi connectivity index (χ1n) is 6.22. The maximum absolute atomic E-state index is 4.34. The lowest BCUT2D eigenvalue weighted by molar-refractivity contribution is 0.373. The molecule has 94 valence electrons. The van der Waals surface area contributed by atoms with Crippen molar-refractivity contribution in [2.24, 2.45) is 7.05 Å². The molecule has 0 spiro atoms. The summed E-state index contributed by atoms with van der Waals surface area (Å²) in [6, 6.07) is 11.3. The fraction of sp³-hybridized carbons (Fsp3) is 0.357. The lowest BCUT2D eigenvalue weighted by atomic mass is 9.76. The van der Waals surface area contributed by atoms with Crippen LogP contribution in [-0.2, 0) is 7.05 Å². The van der Waals surface area contributed by atoms with Crippen molar-refractivity contribution in [3.8, 4) is 0 Å². The second-order valence-corrected chi connectivity index (χ2v) is 5.85.